The molecule has 7 heteroatoms. The SMILES string of the molecule is Cc1nn(C)c2c1nc(N)n2CCCC(N)=O. The van der Waals surface area contributed by atoms with Gasteiger partial charge < -0.3 is 11.5 Å². The summed E-state index contributed by atoms with van der Waals surface area (Å²) in [5.74, 6) is 0.140. The molecule has 2 heterocycles. The van der Waals surface area contributed by atoms with Crippen LogP contribution in [0.15, 0.2) is 0 Å². The lowest BCUT2D eigenvalue weighted by atomic mass is 10.3. The summed E-state index contributed by atoms with van der Waals surface area (Å²) in [5.41, 5.74) is 13.5. The Labute approximate surface area is 98.4 Å². The molecule has 17 heavy (non-hydrogen) atoms. The van der Waals surface area contributed by atoms with Gasteiger partial charge in [-0.3, -0.25) is 14.0 Å². The minimum atomic E-state index is -0.305. The fraction of sp³-hybridized carbons (Fsp3) is 0.500. The van der Waals surface area contributed by atoms with Crippen LogP contribution in [0, 0.1) is 6.92 Å². The highest BCUT2D eigenvalue weighted by Crippen LogP contribution is 2.20. The highest BCUT2D eigenvalue weighted by atomic mass is 16.1. The molecule has 0 unspecified atom stereocenters. The van der Waals surface area contributed by atoms with Crippen LogP contribution >= 0.6 is 0 Å². The molecular weight excluding hydrogens is 220 g/mol. The number of fused-ring (bicyclic) bond motifs is 1. The third-order valence-corrected chi connectivity index (χ3v) is 2.72. The molecule has 2 aromatic heterocycles. The number of hydrogen-bond acceptors (Lipinski definition) is 4. The number of nitrogens with two attached hydrogens (primary N) is 2. The first-order valence-electron chi connectivity index (χ1n) is 5.44. The molecule has 0 aliphatic carbocycles. The number of primary amides is 1. The van der Waals surface area contributed by atoms with E-state index in [-0.39, 0.29) is 5.91 Å². The number of carbonyl (C=O) groups is 1. The molecule has 0 saturated heterocycles. The first kappa shape index (κ1) is 11.4. The minimum Gasteiger partial charge on any atom is -0.370 e. The van der Waals surface area contributed by atoms with Gasteiger partial charge in [-0.1, -0.05) is 0 Å². The van der Waals surface area contributed by atoms with Crippen molar-refractivity contribution in [3.63, 3.8) is 0 Å². The summed E-state index contributed by atoms with van der Waals surface area (Å²) < 4.78 is 3.61. The van der Waals surface area contributed by atoms with Gasteiger partial charge in [0.05, 0.1) is 5.69 Å². The first-order valence-corrected chi connectivity index (χ1v) is 5.44. The second kappa shape index (κ2) is 4.08. The van der Waals surface area contributed by atoms with Crippen LogP contribution in [0.3, 0.4) is 0 Å². The van der Waals surface area contributed by atoms with E-state index in [1.807, 2.05) is 18.5 Å². The Morgan fingerprint density at radius 1 is 1.47 bits per heavy atom. The summed E-state index contributed by atoms with van der Waals surface area (Å²) in [5, 5.41) is 4.28. The lowest BCUT2D eigenvalue weighted by molar-refractivity contribution is -0.118. The predicted octanol–water partition coefficient (Wildman–Crippen LogP) is -0.0741. The maximum atomic E-state index is 10.7. The second-order valence-corrected chi connectivity index (χ2v) is 4.07. The fourth-order valence-corrected chi connectivity index (χ4v) is 1.98. The number of imidazole rings is 1. The van der Waals surface area contributed by atoms with Crippen LogP contribution in [-0.4, -0.2) is 25.2 Å². The standard InChI is InChI=1S/C10H16N6O/c1-6-8-9(15(2)14-6)16(10(12)13-8)5-3-4-7(11)17/h3-5H2,1-2H3,(H2,11,17)(H2,12,13). The number of aryl methyl sites for hydroxylation is 3. The molecule has 0 fully saturated rings. The number of nitrogens with zero attached hydrogens (tertiary/aromatic N) is 4. The number of carbonyl (C=O) groups excluding carboxylic acids is 1. The van der Waals surface area contributed by atoms with Crippen LogP contribution in [0.4, 0.5) is 5.95 Å². The van der Waals surface area contributed by atoms with Crippen molar-refractivity contribution in [3.05, 3.63) is 5.69 Å². The van der Waals surface area contributed by atoms with Crippen LogP contribution in [0.1, 0.15) is 18.5 Å². The van der Waals surface area contributed by atoms with Crippen LogP contribution < -0.4 is 11.5 Å². The molecule has 0 bridgehead atoms. The molecule has 0 aliphatic rings. The first-order chi connectivity index (χ1) is 8.00. The zero-order valence-electron chi connectivity index (χ0n) is 9.97. The van der Waals surface area contributed by atoms with E-state index in [9.17, 15) is 4.79 Å². The quantitative estimate of drug-likeness (QED) is 0.774. The molecule has 7 nitrogen and oxygen atoms in total. The summed E-state index contributed by atoms with van der Waals surface area (Å²) in [6, 6.07) is 0. The lowest BCUT2D eigenvalue weighted by Gasteiger charge is -2.05. The highest BCUT2D eigenvalue weighted by Gasteiger charge is 2.15. The van der Waals surface area contributed by atoms with Crippen molar-refractivity contribution in [2.45, 2.75) is 26.3 Å². The fourth-order valence-electron chi connectivity index (χ4n) is 1.98. The van der Waals surface area contributed by atoms with E-state index < -0.39 is 0 Å². The summed E-state index contributed by atoms with van der Waals surface area (Å²) in [4.78, 5) is 15.0. The zero-order chi connectivity index (χ0) is 12.6. The van der Waals surface area contributed by atoms with Crippen LogP contribution in [0.2, 0.25) is 0 Å². The molecule has 0 radical (unpaired) electrons. The second-order valence-electron chi connectivity index (χ2n) is 4.07. The predicted molar refractivity (Wildman–Crippen MR) is 64.1 cm³/mol. The van der Waals surface area contributed by atoms with E-state index in [0.29, 0.717) is 25.3 Å². The van der Waals surface area contributed by atoms with Gasteiger partial charge in [0.25, 0.3) is 0 Å². The van der Waals surface area contributed by atoms with E-state index in [4.69, 9.17) is 11.5 Å². The number of anilines is 1. The van der Waals surface area contributed by atoms with Gasteiger partial charge in [-0.05, 0) is 13.3 Å². The van der Waals surface area contributed by atoms with Gasteiger partial charge in [0.15, 0.2) is 5.65 Å². The molecule has 0 aliphatic heterocycles. The van der Waals surface area contributed by atoms with Crippen LogP contribution in [0.25, 0.3) is 11.2 Å². The Hall–Kier alpha value is -2.05. The lowest BCUT2D eigenvalue weighted by Crippen LogP contribution is -2.13. The van der Waals surface area contributed by atoms with Gasteiger partial charge in [0.1, 0.15) is 5.52 Å². The van der Waals surface area contributed by atoms with E-state index in [1.54, 1.807) is 4.68 Å². The number of amides is 1. The monoisotopic (exact) mass is 236 g/mol. The van der Waals surface area contributed by atoms with E-state index in [2.05, 4.69) is 10.1 Å². The van der Waals surface area contributed by atoms with Gasteiger partial charge in [-0.2, -0.15) is 5.10 Å². The molecule has 0 saturated carbocycles. The minimum absolute atomic E-state index is 0.305. The average molecular weight is 236 g/mol. The zero-order valence-corrected chi connectivity index (χ0v) is 9.97. The van der Waals surface area contributed by atoms with Gasteiger partial charge in [0, 0.05) is 20.0 Å². The van der Waals surface area contributed by atoms with Crippen molar-refractivity contribution in [1.29, 1.82) is 0 Å². The summed E-state index contributed by atoms with van der Waals surface area (Å²) in [7, 11) is 1.85. The largest absolute Gasteiger partial charge is 0.370 e. The molecular formula is C10H16N6O. The van der Waals surface area contributed by atoms with E-state index in [1.165, 1.54) is 0 Å². The summed E-state index contributed by atoms with van der Waals surface area (Å²) >= 11 is 0. The maximum absolute atomic E-state index is 10.7. The van der Waals surface area contributed by atoms with Gasteiger partial charge in [0.2, 0.25) is 11.9 Å². The normalized spacial score (nSPS) is 11.2. The van der Waals surface area contributed by atoms with Crippen LogP contribution in [0.5, 0.6) is 0 Å². The molecule has 2 rings (SSSR count). The summed E-state index contributed by atoms with van der Waals surface area (Å²) in [6.07, 6.45) is 0.991. The Kier molecular flexibility index (Phi) is 2.74. The highest BCUT2D eigenvalue weighted by molar-refractivity contribution is 5.77. The summed E-state index contributed by atoms with van der Waals surface area (Å²) in [6.45, 7) is 2.51. The number of nitrogen functional groups attached to an aromatic ring is 1. The van der Waals surface area contributed by atoms with Crippen molar-refractivity contribution in [1.82, 2.24) is 19.3 Å². The molecule has 0 atom stereocenters. The van der Waals surface area contributed by atoms with Crippen molar-refractivity contribution < 1.29 is 4.79 Å². The molecule has 4 N–H and O–H groups in total. The van der Waals surface area contributed by atoms with E-state index >= 15 is 0 Å². The van der Waals surface area contributed by atoms with Crippen molar-refractivity contribution in [2.24, 2.45) is 12.8 Å². The number of hydrogen-bond donors (Lipinski definition) is 2. The Morgan fingerprint density at radius 2 is 2.18 bits per heavy atom. The van der Waals surface area contributed by atoms with Crippen molar-refractivity contribution in [2.75, 3.05) is 5.73 Å². The third-order valence-electron chi connectivity index (χ3n) is 2.72. The average Bonchev–Trinajstić information content (AvgIpc) is 2.68. The molecule has 1 amide bonds. The third kappa shape index (κ3) is 1.95. The maximum Gasteiger partial charge on any atom is 0.217 e. The van der Waals surface area contributed by atoms with Gasteiger partial charge in [-0.25, -0.2) is 4.98 Å². The smallest absolute Gasteiger partial charge is 0.217 e. The Bertz CT molecular complexity index is 567. The molecule has 92 valence electrons. The van der Waals surface area contributed by atoms with E-state index in [0.717, 1.165) is 16.9 Å². The van der Waals surface area contributed by atoms with Crippen molar-refractivity contribution in [3.8, 4) is 0 Å². The van der Waals surface area contributed by atoms with Crippen molar-refractivity contribution >= 4 is 23.0 Å². The number of rotatable bonds is 4. The molecule has 0 aromatic carbocycles. The Balaban J connectivity index is 2.32. The van der Waals surface area contributed by atoms with Gasteiger partial charge in [-0.15, -0.1) is 0 Å². The van der Waals surface area contributed by atoms with Crippen LogP contribution in [-0.2, 0) is 18.4 Å². The molecule has 2 aromatic rings. The van der Waals surface area contributed by atoms with Gasteiger partial charge >= 0.3 is 0 Å². The number of aromatic nitrogens is 4. The topological polar surface area (TPSA) is 105 Å². The Morgan fingerprint density at radius 3 is 2.82 bits per heavy atom. The molecule has 0 spiro atoms.